The maximum absolute atomic E-state index is 9.92. The maximum atomic E-state index is 9.92. The lowest BCUT2D eigenvalue weighted by Crippen LogP contribution is -2.02. The van der Waals surface area contributed by atoms with Gasteiger partial charge in [-0.25, -0.2) is 0 Å². The Morgan fingerprint density at radius 3 is 2.40 bits per heavy atom. The molecule has 0 saturated carbocycles. The van der Waals surface area contributed by atoms with E-state index in [0.717, 1.165) is 35.7 Å². The molecule has 0 unspecified atom stereocenters. The first-order valence-electron chi connectivity index (χ1n) is 10.7. The largest absolute Gasteiger partial charge is 0.504 e. The molecule has 2 aromatic carbocycles. The van der Waals surface area contributed by atoms with Crippen molar-refractivity contribution in [3.8, 4) is 17.4 Å². The van der Waals surface area contributed by atoms with Gasteiger partial charge in [0, 0.05) is 5.56 Å². The number of phenolic OH excluding ortho intramolecular Hbond substituents is 1. The van der Waals surface area contributed by atoms with E-state index in [1.54, 1.807) is 13.2 Å². The molecular weight excluding hydrogens is 378 g/mol. The zero-order valence-electron chi connectivity index (χ0n) is 18.5. The molecule has 1 aromatic heterocycles. The number of hydrogen-bond acceptors (Lipinski definition) is 6. The zero-order chi connectivity index (χ0) is 21.8. The molecule has 3 aromatic rings. The van der Waals surface area contributed by atoms with Gasteiger partial charge in [-0.15, -0.1) is 5.10 Å². The van der Waals surface area contributed by atoms with Crippen LogP contribution in [0.2, 0.25) is 0 Å². The molecule has 1 heterocycles. The van der Waals surface area contributed by atoms with E-state index >= 15 is 0 Å². The Bertz CT molecular complexity index is 910. The lowest BCUT2D eigenvalue weighted by atomic mass is 10.0. The van der Waals surface area contributed by atoms with Crippen LogP contribution < -0.4 is 9.47 Å². The highest BCUT2D eigenvalue weighted by Gasteiger charge is 2.12. The number of unbranched alkanes of at least 4 members (excludes halogenated alkanes) is 3. The Morgan fingerprint density at radius 1 is 0.900 bits per heavy atom. The lowest BCUT2D eigenvalue weighted by Gasteiger charge is -2.15. The summed E-state index contributed by atoms with van der Waals surface area (Å²) < 4.78 is 10.8. The predicted molar refractivity (Wildman–Crippen MR) is 120 cm³/mol. The van der Waals surface area contributed by atoms with E-state index < -0.39 is 0 Å². The summed E-state index contributed by atoms with van der Waals surface area (Å²) in [4.78, 5) is 0. The first kappa shape index (κ1) is 23.4. The second kappa shape index (κ2) is 12.6. The SMILES string of the molecule is CCCCCCOc1c(O)ccc(CC)c1CC.COc1nnnc2ccccc12. The van der Waals surface area contributed by atoms with E-state index in [1.165, 1.54) is 24.8 Å². The van der Waals surface area contributed by atoms with E-state index in [9.17, 15) is 5.11 Å². The highest BCUT2D eigenvalue weighted by Crippen LogP contribution is 2.33. The number of methoxy groups -OCH3 is 1. The molecule has 0 aliphatic rings. The molecular formula is C24H33N3O3. The van der Waals surface area contributed by atoms with Crippen LogP contribution >= 0.6 is 0 Å². The standard InChI is InChI=1S/C16H26O2.C8H7N3O/c1-4-7-8-9-12-18-16-14(6-3)13(5-2)10-11-15(16)17;1-12-8-6-4-2-3-5-7(6)9-11-10-8/h10-11,17H,4-9,12H2,1-3H3;2-5H,1H3. The zero-order valence-corrected chi connectivity index (χ0v) is 18.5. The van der Waals surface area contributed by atoms with Gasteiger partial charge in [0.2, 0.25) is 5.88 Å². The molecule has 0 fully saturated rings. The smallest absolute Gasteiger partial charge is 0.244 e. The normalized spacial score (nSPS) is 10.4. The first-order chi connectivity index (χ1) is 14.7. The van der Waals surface area contributed by atoms with Crippen molar-refractivity contribution in [2.75, 3.05) is 13.7 Å². The fraction of sp³-hybridized carbons (Fsp3) is 0.458. The fourth-order valence-electron chi connectivity index (χ4n) is 3.30. The van der Waals surface area contributed by atoms with Gasteiger partial charge >= 0.3 is 0 Å². The number of aryl methyl sites for hydroxylation is 1. The molecule has 162 valence electrons. The van der Waals surface area contributed by atoms with Crippen LogP contribution in [0.15, 0.2) is 36.4 Å². The third kappa shape index (κ3) is 6.31. The van der Waals surface area contributed by atoms with E-state index in [1.807, 2.05) is 30.3 Å². The number of ether oxygens (including phenoxy) is 2. The number of rotatable bonds is 9. The molecule has 0 atom stereocenters. The Balaban J connectivity index is 0.000000230. The second-order valence-corrected chi connectivity index (χ2v) is 6.98. The second-order valence-electron chi connectivity index (χ2n) is 6.98. The van der Waals surface area contributed by atoms with Crippen molar-refractivity contribution in [2.24, 2.45) is 0 Å². The molecule has 1 N–H and O–H groups in total. The van der Waals surface area contributed by atoms with Gasteiger partial charge in [0.1, 0.15) is 5.52 Å². The summed E-state index contributed by atoms with van der Waals surface area (Å²) in [5, 5.41) is 22.0. The van der Waals surface area contributed by atoms with Crippen LogP contribution in [0.5, 0.6) is 17.4 Å². The average Bonchev–Trinajstić information content (AvgIpc) is 2.79. The lowest BCUT2D eigenvalue weighted by molar-refractivity contribution is 0.286. The first-order valence-corrected chi connectivity index (χ1v) is 10.7. The molecule has 6 heteroatoms. The van der Waals surface area contributed by atoms with Crippen LogP contribution in [-0.2, 0) is 12.8 Å². The Hall–Kier alpha value is -2.89. The number of hydrogen-bond donors (Lipinski definition) is 1. The molecule has 6 nitrogen and oxygen atoms in total. The van der Waals surface area contributed by atoms with E-state index in [-0.39, 0.29) is 5.75 Å². The van der Waals surface area contributed by atoms with Crippen molar-refractivity contribution < 1.29 is 14.6 Å². The summed E-state index contributed by atoms with van der Waals surface area (Å²) in [5.41, 5.74) is 3.23. The number of phenols is 1. The van der Waals surface area contributed by atoms with E-state index in [2.05, 4.69) is 36.2 Å². The Labute approximate surface area is 179 Å². The summed E-state index contributed by atoms with van der Waals surface area (Å²) in [6.45, 7) is 7.15. The van der Waals surface area contributed by atoms with Crippen molar-refractivity contribution in [3.63, 3.8) is 0 Å². The third-order valence-electron chi connectivity index (χ3n) is 4.93. The highest BCUT2D eigenvalue weighted by molar-refractivity contribution is 5.82. The molecule has 0 amide bonds. The molecule has 0 aliphatic heterocycles. The Kier molecular flexibility index (Phi) is 9.84. The quantitative estimate of drug-likeness (QED) is 0.468. The molecule has 30 heavy (non-hydrogen) atoms. The van der Waals surface area contributed by atoms with Gasteiger partial charge in [-0.05, 0) is 48.2 Å². The van der Waals surface area contributed by atoms with Gasteiger partial charge in [0.25, 0.3) is 0 Å². The van der Waals surface area contributed by atoms with Crippen LogP contribution in [0.4, 0.5) is 0 Å². The van der Waals surface area contributed by atoms with Gasteiger partial charge in [-0.2, -0.15) is 0 Å². The summed E-state index contributed by atoms with van der Waals surface area (Å²) in [6, 6.07) is 11.3. The fourth-order valence-corrected chi connectivity index (χ4v) is 3.30. The van der Waals surface area contributed by atoms with Gasteiger partial charge < -0.3 is 14.6 Å². The topological polar surface area (TPSA) is 77.4 Å². The summed E-state index contributed by atoms with van der Waals surface area (Å²) >= 11 is 0. The average molecular weight is 412 g/mol. The van der Waals surface area contributed by atoms with Gasteiger partial charge in [-0.1, -0.05) is 63.3 Å². The Morgan fingerprint density at radius 2 is 1.70 bits per heavy atom. The van der Waals surface area contributed by atoms with Crippen LogP contribution in [0, 0.1) is 0 Å². The van der Waals surface area contributed by atoms with Crippen molar-refractivity contribution in [2.45, 2.75) is 59.3 Å². The number of aromatic nitrogens is 3. The minimum atomic E-state index is 0.277. The monoisotopic (exact) mass is 411 g/mol. The summed E-state index contributed by atoms with van der Waals surface area (Å²) in [6.07, 6.45) is 6.64. The highest BCUT2D eigenvalue weighted by atomic mass is 16.5. The summed E-state index contributed by atoms with van der Waals surface area (Å²) in [5.74, 6) is 1.49. The minimum Gasteiger partial charge on any atom is -0.504 e. The molecule has 0 saturated heterocycles. The van der Waals surface area contributed by atoms with Crippen molar-refractivity contribution in [1.29, 1.82) is 0 Å². The van der Waals surface area contributed by atoms with Crippen molar-refractivity contribution in [1.82, 2.24) is 15.4 Å². The molecule has 0 spiro atoms. The molecule has 3 rings (SSSR count). The molecule has 0 radical (unpaired) electrons. The van der Waals surface area contributed by atoms with Crippen LogP contribution in [0.25, 0.3) is 10.9 Å². The van der Waals surface area contributed by atoms with Crippen LogP contribution in [0.1, 0.15) is 57.6 Å². The molecule has 0 bridgehead atoms. The van der Waals surface area contributed by atoms with Gasteiger partial charge in [0.15, 0.2) is 11.5 Å². The summed E-state index contributed by atoms with van der Waals surface area (Å²) in [7, 11) is 1.57. The van der Waals surface area contributed by atoms with Gasteiger partial charge in [0.05, 0.1) is 19.1 Å². The van der Waals surface area contributed by atoms with E-state index in [4.69, 9.17) is 9.47 Å². The maximum Gasteiger partial charge on any atom is 0.244 e. The predicted octanol–water partition coefficient (Wildman–Crippen LogP) is 5.51. The van der Waals surface area contributed by atoms with Crippen molar-refractivity contribution >= 4 is 10.9 Å². The van der Waals surface area contributed by atoms with Crippen molar-refractivity contribution in [3.05, 3.63) is 47.5 Å². The third-order valence-corrected chi connectivity index (χ3v) is 4.93. The van der Waals surface area contributed by atoms with E-state index in [0.29, 0.717) is 18.2 Å². The number of fused-ring (bicyclic) bond motifs is 1. The number of aromatic hydroxyl groups is 1. The number of benzene rings is 2. The van der Waals surface area contributed by atoms with Crippen LogP contribution in [-0.4, -0.2) is 34.2 Å². The van der Waals surface area contributed by atoms with Crippen LogP contribution in [0.3, 0.4) is 0 Å². The molecule has 0 aliphatic carbocycles. The number of nitrogens with zero attached hydrogens (tertiary/aromatic N) is 3. The van der Waals surface area contributed by atoms with Gasteiger partial charge in [-0.3, -0.25) is 0 Å². The minimum absolute atomic E-state index is 0.277.